The SMILES string of the molecule is Cn1ccc(-c2cccc(C#N)c2)n1. The van der Waals surface area contributed by atoms with Crippen molar-refractivity contribution in [2.75, 3.05) is 0 Å². The fourth-order valence-corrected chi connectivity index (χ4v) is 1.32. The Morgan fingerprint density at radius 2 is 2.21 bits per heavy atom. The van der Waals surface area contributed by atoms with E-state index >= 15 is 0 Å². The summed E-state index contributed by atoms with van der Waals surface area (Å²) in [6.07, 6.45) is 1.88. The van der Waals surface area contributed by atoms with E-state index in [9.17, 15) is 0 Å². The van der Waals surface area contributed by atoms with Crippen molar-refractivity contribution in [1.82, 2.24) is 9.78 Å². The summed E-state index contributed by atoms with van der Waals surface area (Å²) in [6, 6.07) is 11.5. The number of rotatable bonds is 1. The van der Waals surface area contributed by atoms with Gasteiger partial charge in [-0.15, -0.1) is 0 Å². The average Bonchev–Trinajstić information content (AvgIpc) is 2.65. The lowest BCUT2D eigenvalue weighted by Gasteiger charge is -1.96. The predicted octanol–water partition coefficient (Wildman–Crippen LogP) is 1.96. The van der Waals surface area contributed by atoms with E-state index in [0.717, 1.165) is 11.3 Å². The molecule has 0 radical (unpaired) electrons. The lowest BCUT2D eigenvalue weighted by molar-refractivity contribution is 0.771. The minimum absolute atomic E-state index is 0.660. The highest BCUT2D eigenvalue weighted by Gasteiger charge is 2.01. The van der Waals surface area contributed by atoms with E-state index in [2.05, 4.69) is 11.2 Å². The maximum absolute atomic E-state index is 8.74. The van der Waals surface area contributed by atoms with Gasteiger partial charge in [-0.3, -0.25) is 4.68 Å². The van der Waals surface area contributed by atoms with Crippen molar-refractivity contribution in [1.29, 1.82) is 5.26 Å². The number of nitrogens with zero attached hydrogens (tertiary/aromatic N) is 3. The number of hydrogen-bond donors (Lipinski definition) is 0. The van der Waals surface area contributed by atoms with E-state index in [1.807, 2.05) is 37.5 Å². The number of benzene rings is 1. The highest BCUT2D eigenvalue weighted by atomic mass is 15.2. The van der Waals surface area contributed by atoms with Gasteiger partial charge in [-0.2, -0.15) is 10.4 Å². The lowest BCUT2D eigenvalue weighted by atomic mass is 10.1. The van der Waals surface area contributed by atoms with Gasteiger partial charge in [-0.1, -0.05) is 12.1 Å². The first-order chi connectivity index (χ1) is 6.79. The summed E-state index contributed by atoms with van der Waals surface area (Å²) in [5.74, 6) is 0. The summed E-state index contributed by atoms with van der Waals surface area (Å²) in [6.45, 7) is 0. The van der Waals surface area contributed by atoms with Crippen LogP contribution in [0.2, 0.25) is 0 Å². The number of aryl methyl sites for hydroxylation is 1. The molecule has 2 aromatic rings. The molecule has 0 spiro atoms. The molecule has 0 bridgehead atoms. The summed E-state index contributed by atoms with van der Waals surface area (Å²) in [5.41, 5.74) is 2.53. The van der Waals surface area contributed by atoms with Crippen LogP contribution in [0, 0.1) is 11.3 Å². The van der Waals surface area contributed by atoms with Crippen LogP contribution in [0.3, 0.4) is 0 Å². The third kappa shape index (κ3) is 1.50. The third-order valence-electron chi connectivity index (χ3n) is 2.00. The lowest BCUT2D eigenvalue weighted by Crippen LogP contribution is -1.88. The van der Waals surface area contributed by atoms with Crippen molar-refractivity contribution in [2.45, 2.75) is 0 Å². The second kappa shape index (κ2) is 3.35. The Balaban J connectivity index is 2.47. The van der Waals surface area contributed by atoms with E-state index < -0.39 is 0 Å². The first-order valence-corrected chi connectivity index (χ1v) is 4.30. The van der Waals surface area contributed by atoms with Gasteiger partial charge in [0.05, 0.1) is 17.3 Å². The Morgan fingerprint density at radius 1 is 1.36 bits per heavy atom. The molecule has 1 aromatic carbocycles. The second-order valence-electron chi connectivity index (χ2n) is 3.07. The molecular formula is C11H9N3. The predicted molar refractivity (Wildman–Crippen MR) is 53.4 cm³/mol. The highest BCUT2D eigenvalue weighted by Crippen LogP contribution is 2.17. The Morgan fingerprint density at radius 3 is 2.86 bits per heavy atom. The van der Waals surface area contributed by atoms with Crippen molar-refractivity contribution in [2.24, 2.45) is 7.05 Å². The Kier molecular flexibility index (Phi) is 2.04. The van der Waals surface area contributed by atoms with Crippen LogP contribution in [0.5, 0.6) is 0 Å². The van der Waals surface area contributed by atoms with Crippen molar-refractivity contribution >= 4 is 0 Å². The quantitative estimate of drug-likeness (QED) is 0.678. The molecule has 14 heavy (non-hydrogen) atoms. The molecule has 0 aliphatic carbocycles. The molecular weight excluding hydrogens is 174 g/mol. The fraction of sp³-hybridized carbons (Fsp3) is 0.0909. The number of hydrogen-bond acceptors (Lipinski definition) is 2. The van der Waals surface area contributed by atoms with Crippen LogP contribution in [0.15, 0.2) is 36.5 Å². The molecule has 0 saturated carbocycles. The van der Waals surface area contributed by atoms with Gasteiger partial charge >= 0.3 is 0 Å². The molecule has 1 heterocycles. The molecule has 1 aromatic heterocycles. The zero-order valence-electron chi connectivity index (χ0n) is 7.81. The molecule has 0 atom stereocenters. The maximum atomic E-state index is 8.74. The molecule has 0 saturated heterocycles. The number of nitriles is 1. The normalized spacial score (nSPS) is 9.71. The average molecular weight is 183 g/mol. The topological polar surface area (TPSA) is 41.6 Å². The summed E-state index contributed by atoms with van der Waals surface area (Å²) < 4.78 is 1.74. The van der Waals surface area contributed by atoms with Crippen LogP contribution in [0.1, 0.15) is 5.56 Å². The largest absolute Gasteiger partial charge is 0.275 e. The summed E-state index contributed by atoms with van der Waals surface area (Å²) >= 11 is 0. The minimum Gasteiger partial charge on any atom is -0.275 e. The van der Waals surface area contributed by atoms with Crippen molar-refractivity contribution in [3.8, 4) is 17.3 Å². The van der Waals surface area contributed by atoms with E-state index in [1.54, 1.807) is 10.7 Å². The van der Waals surface area contributed by atoms with Crippen LogP contribution in [-0.2, 0) is 7.05 Å². The van der Waals surface area contributed by atoms with Crippen molar-refractivity contribution < 1.29 is 0 Å². The Hall–Kier alpha value is -2.08. The maximum Gasteiger partial charge on any atom is 0.0991 e. The Labute approximate surface area is 82.2 Å². The molecule has 68 valence electrons. The second-order valence-corrected chi connectivity index (χ2v) is 3.07. The van der Waals surface area contributed by atoms with Gasteiger partial charge in [0.1, 0.15) is 0 Å². The van der Waals surface area contributed by atoms with Crippen LogP contribution in [-0.4, -0.2) is 9.78 Å². The minimum atomic E-state index is 0.660. The molecule has 0 aliphatic rings. The first kappa shape index (κ1) is 8.52. The van der Waals surface area contributed by atoms with E-state index in [4.69, 9.17) is 5.26 Å². The van der Waals surface area contributed by atoms with Gasteiger partial charge in [0.25, 0.3) is 0 Å². The van der Waals surface area contributed by atoms with Gasteiger partial charge in [0, 0.05) is 18.8 Å². The summed E-state index contributed by atoms with van der Waals surface area (Å²) in [5, 5.41) is 13.0. The molecule has 0 fully saturated rings. The standard InChI is InChI=1S/C11H9N3/c1-14-6-5-11(13-14)10-4-2-3-9(7-10)8-12/h2-7H,1H3. The zero-order chi connectivity index (χ0) is 9.97. The molecule has 3 heteroatoms. The van der Waals surface area contributed by atoms with Crippen LogP contribution < -0.4 is 0 Å². The van der Waals surface area contributed by atoms with Crippen molar-refractivity contribution in [3.63, 3.8) is 0 Å². The molecule has 3 nitrogen and oxygen atoms in total. The Bertz CT molecular complexity index is 491. The molecule has 2 rings (SSSR count). The molecule has 0 unspecified atom stereocenters. The van der Waals surface area contributed by atoms with Gasteiger partial charge in [-0.25, -0.2) is 0 Å². The first-order valence-electron chi connectivity index (χ1n) is 4.30. The third-order valence-corrected chi connectivity index (χ3v) is 2.00. The highest BCUT2D eigenvalue weighted by molar-refractivity contribution is 5.60. The van der Waals surface area contributed by atoms with E-state index in [0.29, 0.717) is 5.56 Å². The van der Waals surface area contributed by atoms with Gasteiger partial charge < -0.3 is 0 Å². The van der Waals surface area contributed by atoms with Gasteiger partial charge in [0.15, 0.2) is 0 Å². The summed E-state index contributed by atoms with van der Waals surface area (Å²) in [4.78, 5) is 0. The molecule has 0 N–H and O–H groups in total. The van der Waals surface area contributed by atoms with Crippen LogP contribution in [0.25, 0.3) is 11.3 Å². The summed E-state index contributed by atoms with van der Waals surface area (Å²) in [7, 11) is 1.87. The number of aromatic nitrogens is 2. The molecule has 0 amide bonds. The zero-order valence-corrected chi connectivity index (χ0v) is 7.81. The van der Waals surface area contributed by atoms with Crippen LogP contribution in [0.4, 0.5) is 0 Å². The van der Waals surface area contributed by atoms with E-state index in [-0.39, 0.29) is 0 Å². The van der Waals surface area contributed by atoms with E-state index in [1.165, 1.54) is 0 Å². The molecule has 0 aliphatic heterocycles. The van der Waals surface area contributed by atoms with Gasteiger partial charge in [-0.05, 0) is 18.2 Å². The van der Waals surface area contributed by atoms with Crippen LogP contribution >= 0.6 is 0 Å². The monoisotopic (exact) mass is 183 g/mol. The smallest absolute Gasteiger partial charge is 0.0991 e. The van der Waals surface area contributed by atoms with Gasteiger partial charge in [0.2, 0.25) is 0 Å². The van der Waals surface area contributed by atoms with Crippen molar-refractivity contribution in [3.05, 3.63) is 42.1 Å². The fourth-order valence-electron chi connectivity index (χ4n) is 1.32.